The van der Waals surface area contributed by atoms with Crippen LogP contribution in [0.4, 0.5) is 0 Å². The van der Waals surface area contributed by atoms with Crippen LogP contribution in [0.3, 0.4) is 0 Å². The molecule has 0 spiro atoms. The van der Waals surface area contributed by atoms with Gasteiger partial charge in [0.2, 0.25) is 0 Å². The molecule has 0 fully saturated rings. The largest absolute Gasteiger partial charge is 0.870 e. The Morgan fingerprint density at radius 1 is 1.32 bits per heavy atom. The van der Waals surface area contributed by atoms with Crippen molar-refractivity contribution in [3.8, 4) is 0 Å². The molecule has 0 heterocycles. The number of hydrogen-bond acceptors (Lipinski definition) is 5. The van der Waals surface area contributed by atoms with E-state index in [1.807, 2.05) is 13.8 Å². The third-order valence-corrected chi connectivity index (χ3v) is 4.98. The standard InChI is InChI=1S/C14H27NO5S.H2O/c1-5-9-14(16)20-11-8-10-15(6-2,7-3)12-13(4)21(17,18)19;/h5,9,13H,6-8,10-12H2,1-4H3;1H2. The van der Waals surface area contributed by atoms with Crippen molar-refractivity contribution in [2.24, 2.45) is 0 Å². The first-order valence-electron chi connectivity index (χ1n) is 7.31. The molecule has 1 unspecified atom stereocenters. The molecule has 22 heavy (non-hydrogen) atoms. The van der Waals surface area contributed by atoms with Crippen molar-refractivity contribution < 1.29 is 32.5 Å². The normalized spacial score (nSPS) is 13.7. The van der Waals surface area contributed by atoms with Gasteiger partial charge >= 0.3 is 5.97 Å². The minimum absolute atomic E-state index is 0. The molecule has 0 bridgehead atoms. The van der Waals surface area contributed by atoms with Crippen molar-refractivity contribution in [1.29, 1.82) is 0 Å². The third-order valence-electron chi connectivity index (χ3n) is 3.82. The van der Waals surface area contributed by atoms with Gasteiger partial charge in [0, 0.05) is 12.5 Å². The molecule has 0 aliphatic heterocycles. The van der Waals surface area contributed by atoms with Crippen molar-refractivity contribution in [1.82, 2.24) is 0 Å². The lowest BCUT2D eigenvalue weighted by Crippen LogP contribution is -2.53. The van der Waals surface area contributed by atoms with E-state index in [0.29, 0.717) is 30.6 Å². The Kier molecular flexibility index (Phi) is 11.4. The van der Waals surface area contributed by atoms with Gasteiger partial charge in [-0.05, 0) is 27.7 Å². The smallest absolute Gasteiger partial charge is 0.330 e. The number of allylic oxidation sites excluding steroid dienone is 1. The third kappa shape index (κ3) is 8.47. The Bertz CT molecular complexity index is 442. The molecule has 132 valence electrons. The lowest BCUT2D eigenvalue weighted by atomic mass is 10.2. The van der Waals surface area contributed by atoms with Crippen LogP contribution < -0.4 is 0 Å². The lowest BCUT2D eigenvalue weighted by molar-refractivity contribution is -0.924. The number of carbonyl (C=O) groups is 1. The minimum atomic E-state index is -4.02. The molecule has 2 N–H and O–H groups in total. The number of quaternary nitrogens is 1. The van der Waals surface area contributed by atoms with E-state index in [1.54, 1.807) is 13.0 Å². The Labute approximate surface area is 133 Å². The van der Waals surface area contributed by atoms with Crippen molar-refractivity contribution in [2.45, 2.75) is 39.4 Å². The first-order valence-corrected chi connectivity index (χ1v) is 8.82. The Morgan fingerprint density at radius 2 is 1.86 bits per heavy atom. The summed E-state index contributed by atoms with van der Waals surface area (Å²) in [6.07, 6.45) is 3.64. The molecular formula is C14H29NO6S. The van der Waals surface area contributed by atoms with Crippen LogP contribution in [0.5, 0.6) is 0 Å². The van der Waals surface area contributed by atoms with E-state index < -0.39 is 15.4 Å². The van der Waals surface area contributed by atoms with E-state index in [2.05, 4.69) is 0 Å². The number of ether oxygens (including phenoxy) is 1. The van der Waals surface area contributed by atoms with Gasteiger partial charge in [-0.2, -0.15) is 8.42 Å². The summed E-state index contributed by atoms with van der Waals surface area (Å²) in [7, 11) is -4.02. The van der Waals surface area contributed by atoms with Gasteiger partial charge < -0.3 is 14.7 Å². The van der Waals surface area contributed by atoms with E-state index in [9.17, 15) is 13.2 Å². The van der Waals surface area contributed by atoms with Gasteiger partial charge in [-0.3, -0.25) is 4.55 Å². The highest BCUT2D eigenvalue weighted by Gasteiger charge is 2.31. The summed E-state index contributed by atoms with van der Waals surface area (Å²) >= 11 is 0. The van der Waals surface area contributed by atoms with Gasteiger partial charge in [0.1, 0.15) is 5.25 Å². The van der Waals surface area contributed by atoms with Crippen molar-refractivity contribution in [3.05, 3.63) is 12.2 Å². The second kappa shape index (κ2) is 10.7. The molecule has 8 heteroatoms. The predicted octanol–water partition coefficient (Wildman–Crippen LogP) is 1.45. The first-order chi connectivity index (χ1) is 9.70. The summed E-state index contributed by atoms with van der Waals surface area (Å²) in [5.74, 6) is -0.366. The maximum absolute atomic E-state index is 11.2. The molecule has 1 atom stereocenters. The van der Waals surface area contributed by atoms with Gasteiger partial charge in [0.15, 0.2) is 0 Å². The maximum Gasteiger partial charge on any atom is 0.330 e. The average molecular weight is 339 g/mol. The topological polar surface area (TPSA) is 111 Å². The second-order valence-corrected chi connectivity index (χ2v) is 7.06. The van der Waals surface area contributed by atoms with Gasteiger partial charge in [-0.1, -0.05) is 6.08 Å². The molecule has 0 radical (unpaired) electrons. The monoisotopic (exact) mass is 339 g/mol. The number of hydrogen-bond donors (Lipinski definition) is 1. The number of rotatable bonds is 10. The van der Waals surface area contributed by atoms with Crippen LogP contribution in [0.2, 0.25) is 0 Å². The SMILES string of the molecule is CC=CC(=O)OCCC[N+](CC)(CC)CC(C)S(=O)(=O)O.[OH-]. The first kappa shape index (κ1) is 23.3. The average Bonchev–Trinajstić information content (AvgIpc) is 2.41. The quantitative estimate of drug-likeness (QED) is 0.212. The summed E-state index contributed by atoms with van der Waals surface area (Å²) in [6.45, 7) is 10.1. The zero-order valence-electron chi connectivity index (χ0n) is 13.9. The van der Waals surface area contributed by atoms with E-state index in [1.165, 1.54) is 13.0 Å². The predicted molar refractivity (Wildman–Crippen MR) is 84.4 cm³/mol. The molecule has 0 rings (SSSR count). The van der Waals surface area contributed by atoms with Crippen LogP contribution in [-0.4, -0.2) is 66.9 Å². The molecule has 0 aliphatic carbocycles. The highest BCUT2D eigenvalue weighted by Crippen LogP contribution is 2.13. The van der Waals surface area contributed by atoms with Crippen LogP contribution in [-0.2, 0) is 19.6 Å². The fraction of sp³-hybridized carbons (Fsp3) is 0.786. The van der Waals surface area contributed by atoms with Gasteiger partial charge in [0.05, 0.1) is 32.8 Å². The van der Waals surface area contributed by atoms with Crippen molar-refractivity contribution >= 4 is 16.1 Å². The van der Waals surface area contributed by atoms with Gasteiger partial charge in [-0.15, -0.1) is 0 Å². The summed E-state index contributed by atoms with van der Waals surface area (Å²) in [5.41, 5.74) is 0. The summed E-state index contributed by atoms with van der Waals surface area (Å²) in [4.78, 5) is 11.2. The summed E-state index contributed by atoms with van der Waals surface area (Å²) in [6, 6.07) is 0. The van der Waals surface area contributed by atoms with Crippen LogP contribution in [0.1, 0.15) is 34.1 Å². The van der Waals surface area contributed by atoms with Crippen LogP contribution in [0.25, 0.3) is 0 Å². The zero-order valence-corrected chi connectivity index (χ0v) is 14.7. The fourth-order valence-electron chi connectivity index (χ4n) is 2.29. The maximum atomic E-state index is 11.2. The Balaban J connectivity index is 0. The van der Waals surface area contributed by atoms with Gasteiger partial charge in [0.25, 0.3) is 10.1 Å². The van der Waals surface area contributed by atoms with Crippen molar-refractivity contribution in [2.75, 3.05) is 32.8 Å². The van der Waals surface area contributed by atoms with Gasteiger partial charge in [-0.25, -0.2) is 4.79 Å². The molecule has 7 nitrogen and oxygen atoms in total. The van der Waals surface area contributed by atoms with Crippen LogP contribution >= 0.6 is 0 Å². The highest BCUT2D eigenvalue weighted by atomic mass is 32.2. The van der Waals surface area contributed by atoms with E-state index in [-0.39, 0.29) is 11.4 Å². The van der Waals surface area contributed by atoms with E-state index >= 15 is 0 Å². The molecular weight excluding hydrogens is 310 g/mol. The summed E-state index contributed by atoms with van der Waals surface area (Å²) < 4.78 is 37.1. The molecule has 0 amide bonds. The zero-order chi connectivity index (χ0) is 16.5. The molecule has 0 aromatic carbocycles. The minimum Gasteiger partial charge on any atom is -0.870 e. The number of nitrogens with zero attached hydrogens (tertiary/aromatic N) is 1. The summed E-state index contributed by atoms with van der Waals surface area (Å²) in [5, 5.41) is -0.803. The Hall–Kier alpha value is -0.960. The van der Waals surface area contributed by atoms with E-state index in [4.69, 9.17) is 9.29 Å². The second-order valence-electron chi connectivity index (χ2n) is 5.23. The number of esters is 1. The van der Waals surface area contributed by atoms with Crippen molar-refractivity contribution in [3.63, 3.8) is 0 Å². The molecule has 0 saturated heterocycles. The number of carbonyl (C=O) groups excluding carboxylic acids is 1. The molecule has 0 aromatic heterocycles. The highest BCUT2D eigenvalue weighted by molar-refractivity contribution is 7.86. The lowest BCUT2D eigenvalue weighted by Gasteiger charge is -2.38. The van der Waals surface area contributed by atoms with Crippen LogP contribution in [0, 0.1) is 0 Å². The molecule has 0 aliphatic rings. The fourth-order valence-corrected chi connectivity index (χ4v) is 2.79. The molecule has 0 saturated carbocycles. The van der Waals surface area contributed by atoms with Crippen LogP contribution in [0.15, 0.2) is 12.2 Å². The molecule has 0 aromatic rings. The Morgan fingerprint density at radius 3 is 2.27 bits per heavy atom. The van der Waals surface area contributed by atoms with E-state index in [0.717, 1.165) is 13.1 Å².